The molecule has 0 bridgehead atoms. The fraction of sp³-hybridized carbons (Fsp3) is 0.533. The predicted molar refractivity (Wildman–Crippen MR) is 79.8 cm³/mol. The molecule has 0 aliphatic carbocycles. The van der Waals surface area contributed by atoms with Crippen molar-refractivity contribution in [2.75, 3.05) is 25.6 Å². The number of carbonyl (C=O) groups is 1. The second kappa shape index (κ2) is 7.83. The van der Waals surface area contributed by atoms with E-state index in [0.29, 0.717) is 18.8 Å². The van der Waals surface area contributed by atoms with Crippen LogP contribution >= 0.6 is 0 Å². The molecule has 2 N–H and O–H groups in total. The number of rotatable bonds is 6. The van der Waals surface area contributed by atoms with Gasteiger partial charge in [-0.25, -0.2) is 9.18 Å². The van der Waals surface area contributed by atoms with Crippen LogP contribution < -0.4 is 10.6 Å². The number of benzene rings is 1. The summed E-state index contributed by atoms with van der Waals surface area (Å²) >= 11 is 0. The second-order valence-corrected chi connectivity index (χ2v) is 5.58. The van der Waals surface area contributed by atoms with Crippen LogP contribution in [0.15, 0.2) is 18.2 Å². The number of hydrogen-bond acceptors (Lipinski definition) is 4. The van der Waals surface area contributed by atoms with E-state index in [9.17, 15) is 9.18 Å². The van der Waals surface area contributed by atoms with E-state index in [0.717, 1.165) is 5.56 Å². The zero-order valence-electron chi connectivity index (χ0n) is 13.0. The average molecular weight is 298 g/mol. The molecule has 0 saturated heterocycles. The van der Waals surface area contributed by atoms with Crippen molar-refractivity contribution in [3.63, 3.8) is 0 Å². The quantitative estimate of drug-likeness (QED) is 0.793. The summed E-state index contributed by atoms with van der Waals surface area (Å²) in [4.78, 5) is 11.6. The second-order valence-electron chi connectivity index (χ2n) is 5.58. The Bertz CT molecular complexity index is 472. The van der Waals surface area contributed by atoms with Gasteiger partial charge in [-0.05, 0) is 38.5 Å². The number of carbonyl (C=O) groups excluding carboxylic acids is 1. The Hall–Kier alpha value is -1.82. The lowest BCUT2D eigenvalue weighted by atomic mass is 10.1. The van der Waals surface area contributed by atoms with E-state index in [1.165, 1.54) is 12.1 Å². The highest BCUT2D eigenvalue weighted by atomic mass is 19.1. The fourth-order valence-corrected chi connectivity index (χ4v) is 1.64. The van der Waals surface area contributed by atoms with Crippen molar-refractivity contribution >= 4 is 11.8 Å². The molecule has 1 aromatic carbocycles. The van der Waals surface area contributed by atoms with Crippen LogP contribution in [0.3, 0.4) is 0 Å². The highest BCUT2D eigenvalue weighted by Crippen LogP contribution is 2.17. The zero-order chi connectivity index (χ0) is 15.9. The van der Waals surface area contributed by atoms with Crippen LogP contribution in [-0.2, 0) is 16.0 Å². The first-order valence-electron chi connectivity index (χ1n) is 6.80. The summed E-state index contributed by atoms with van der Waals surface area (Å²) in [7, 11) is 1.60. The number of methoxy groups -OCH3 is 1. The normalized spacial score (nSPS) is 11.1. The number of halogens is 1. The molecule has 0 atom stereocenters. The van der Waals surface area contributed by atoms with Gasteiger partial charge < -0.3 is 20.1 Å². The van der Waals surface area contributed by atoms with Gasteiger partial charge in [0.1, 0.15) is 11.4 Å². The maximum atomic E-state index is 13.3. The first-order chi connectivity index (χ1) is 9.81. The molecule has 1 aromatic rings. The Labute approximate surface area is 124 Å². The fourth-order valence-electron chi connectivity index (χ4n) is 1.64. The van der Waals surface area contributed by atoms with Gasteiger partial charge >= 0.3 is 6.09 Å². The number of amides is 1. The molecule has 0 heterocycles. The third-order valence-electron chi connectivity index (χ3n) is 2.52. The summed E-state index contributed by atoms with van der Waals surface area (Å²) < 4.78 is 23.4. The number of alkyl carbamates (subject to hydrolysis) is 1. The number of anilines is 1. The Morgan fingerprint density at radius 2 is 2.05 bits per heavy atom. The Morgan fingerprint density at radius 3 is 2.67 bits per heavy atom. The SMILES string of the molecule is COCCNc1cc(F)ccc1CNC(=O)OC(C)(C)C. The molecule has 1 rings (SSSR count). The van der Waals surface area contributed by atoms with E-state index in [2.05, 4.69) is 10.6 Å². The molecule has 6 heteroatoms. The molecular weight excluding hydrogens is 275 g/mol. The van der Waals surface area contributed by atoms with Crippen molar-refractivity contribution in [3.05, 3.63) is 29.6 Å². The highest BCUT2D eigenvalue weighted by molar-refractivity contribution is 5.68. The molecule has 0 aliphatic heterocycles. The van der Waals surface area contributed by atoms with E-state index < -0.39 is 11.7 Å². The predicted octanol–water partition coefficient (Wildman–Crippen LogP) is 2.91. The molecular formula is C15H23FN2O3. The van der Waals surface area contributed by atoms with Crippen molar-refractivity contribution in [2.45, 2.75) is 32.9 Å². The molecule has 21 heavy (non-hydrogen) atoms. The van der Waals surface area contributed by atoms with Crippen LogP contribution in [0.1, 0.15) is 26.3 Å². The van der Waals surface area contributed by atoms with Crippen LogP contribution in [0.25, 0.3) is 0 Å². The van der Waals surface area contributed by atoms with Crippen molar-refractivity contribution in [1.82, 2.24) is 5.32 Å². The molecule has 1 amide bonds. The van der Waals surface area contributed by atoms with Gasteiger partial charge in [-0.2, -0.15) is 0 Å². The number of hydrogen-bond donors (Lipinski definition) is 2. The summed E-state index contributed by atoms with van der Waals surface area (Å²) in [5.74, 6) is -0.337. The molecule has 0 radical (unpaired) electrons. The third-order valence-corrected chi connectivity index (χ3v) is 2.52. The lowest BCUT2D eigenvalue weighted by Gasteiger charge is -2.20. The van der Waals surface area contributed by atoms with Gasteiger partial charge in [0.05, 0.1) is 6.61 Å². The van der Waals surface area contributed by atoms with Gasteiger partial charge in [0.15, 0.2) is 0 Å². The minimum absolute atomic E-state index is 0.254. The average Bonchev–Trinajstić information content (AvgIpc) is 2.36. The van der Waals surface area contributed by atoms with Gasteiger partial charge in [-0.15, -0.1) is 0 Å². The van der Waals surface area contributed by atoms with Gasteiger partial charge in [0, 0.05) is 25.9 Å². The van der Waals surface area contributed by atoms with E-state index in [1.807, 2.05) is 0 Å². The van der Waals surface area contributed by atoms with Gasteiger partial charge in [-0.3, -0.25) is 0 Å². The van der Waals surface area contributed by atoms with Gasteiger partial charge in [0.2, 0.25) is 0 Å². The van der Waals surface area contributed by atoms with Crippen LogP contribution in [0, 0.1) is 5.82 Å². The largest absolute Gasteiger partial charge is 0.444 e. The standard InChI is InChI=1S/C15H23FN2O3/c1-15(2,3)21-14(19)18-10-11-5-6-12(16)9-13(11)17-7-8-20-4/h5-6,9,17H,7-8,10H2,1-4H3,(H,18,19). The Morgan fingerprint density at radius 1 is 1.33 bits per heavy atom. The molecule has 0 spiro atoms. The molecule has 0 aliphatic rings. The Kier molecular flexibility index (Phi) is 6.42. The topological polar surface area (TPSA) is 59.6 Å². The van der Waals surface area contributed by atoms with Crippen LogP contribution in [0.2, 0.25) is 0 Å². The van der Waals surface area contributed by atoms with Crippen molar-refractivity contribution in [1.29, 1.82) is 0 Å². The van der Waals surface area contributed by atoms with E-state index in [4.69, 9.17) is 9.47 Å². The molecule has 0 fully saturated rings. The van der Waals surface area contributed by atoms with Gasteiger partial charge in [0.25, 0.3) is 0 Å². The molecule has 118 valence electrons. The highest BCUT2D eigenvalue weighted by Gasteiger charge is 2.16. The Balaban J connectivity index is 2.63. The van der Waals surface area contributed by atoms with E-state index in [1.54, 1.807) is 33.9 Å². The molecule has 0 aromatic heterocycles. The lowest BCUT2D eigenvalue weighted by Crippen LogP contribution is -2.32. The maximum absolute atomic E-state index is 13.3. The lowest BCUT2D eigenvalue weighted by molar-refractivity contribution is 0.0523. The molecule has 5 nitrogen and oxygen atoms in total. The zero-order valence-corrected chi connectivity index (χ0v) is 13.0. The summed E-state index contributed by atoms with van der Waals surface area (Å²) in [6, 6.07) is 4.37. The van der Waals surface area contributed by atoms with Crippen molar-refractivity contribution in [2.24, 2.45) is 0 Å². The summed E-state index contributed by atoms with van der Waals surface area (Å²) in [6.07, 6.45) is -0.505. The van der Waals surface area contributed by atoms with Crippen molar-refractivity contribution in [3.8, 4) is 0 Å². The van der Waals surface area contributed by atoms with E-state index >= 15 is 0 Å². The number of ether oxygens (including phenoxy) is 2. The monoisotopic (exact) mass is 298 g/mol. The summed E-state index contributed by atoms with van der Waals surface area (Å²) in [5.41, 5.74) is 0.855. The number of nitrogens with one attached hydrogen (secondary N) is 2. The van der Waals surface area contributed by atoms with Crippen LogP contribution in [-0.4, -0.2) is 32.0 Å². The van der Waals surface area contributed by atoms with Crippen LogP contribution in [0.4, 0.5) is 14.9 Å². The molecule has 0 unspecified atom stereocenters. The van der Waals surface area contributed by atoms with E-state index in [-0.39, 0.29) is 12.4 Å². The smallest absolute Gasteiger partial charge is 0.407 e. The van der Waals surface area contributed by atoms with Crippen LogP contribution in [0.5, 0.6) is 0 Å². The first-order valence-corrected chi connectivity index (χ1v) is 6.80. The first kappa shape index (κ1) is 17.2. The minimum Gasteiger partial charge on any atom is -0.444 e. The van der Waals surface area contributed by atoms with Crippen molar-refractivity contribution < 1.29 is 18.7 Å². The minimum atomic E-state index is -0.549. The third kappa shape index (κ3) is 6.94. The summed E-state index contributed by atoms with van der Waals surface area (Å²) in [6.45, 7) is 6.70. The van der Waals surface area contributed by atoms with Gasteiger partial charge in [-0.1, -0.05) is 6.07 Å². The maximum Gasteiger partial charge on any atom is 0.407 e. The summed E-state index contributed by atoms with van der Waals surface area (Å²) in [5, 5.41) is 5.72. The molecule has 0 saturated carbocycles.